The van der Waals surface area contributed by atoms with Gasteiger partial charge in [0.1, 0.15) is 5.69 Å². The Morgan fingerprint density at radius 2 is 1.88 bits per heavy atom. The molecule has 7 heteroatoms. The predicted octanol–water partition coefficient (Wildman–Crippen LogP) is 1.79. The molecule has 0 radical (unpaired) electrons. The summed E-state index contributed by atoms with van der Waals surface area (Å²) in [4.78, 5) is 23.0. The lowest BCUT2D eigenvalue weighted by Gasteiger charge is -2.22. The summed E-state index contributed by atoms with van der Waals surface area (Å²) in [6, 6.07) is 9.67. The van der Waals surface area contributed by atoms with Gasteiger partial charge in [0, 0.05) is 24.1 Å². The van der Waals surface area contributed by atoms with E-state index in [0.29, 0.717) is 25.2 Å². The number of hydrogen-bond donors (Lipinski definition) is 0. The summed E-state index contributed by atoms with van der Waals surface area (Å²) < 4.78 is 23.6. The van der Waals surface area contributed by atoms with Gasteiger partial charge in [0.25, 0.3) is 5.91 Å². The molecule has 0 aliphatic carbocycles. The van der Waals surface area contributed by atoms with Crippen LogP contribution in [0, 0.1) is 5.41 Å². The fraction of sp³-hybridized carbons (Fsp3) is 0.389. The van der Waals surface area contributed by atoms with Gasteiger partial charge in [-0.3, -0.25) is 9.78 Å². The predicted molar refractivity (Wildman–Crippen MR) is 93.7 cm³/mol. The fourth-order valence-corrected chi connectivity index (χ4v) is 5.97. The van der Waals surface area contributed by atoms with Gasteiger partial charge in [-0.1, -0.05) is 30.3 Å². The Morgan fingerprint density at radius 3 is 2.52 bits per heavy atom. The van der Waals surface area contributed by atoms with Crippen LogP contribution in [0.2, 0.25) is 0 Å². The highest BCUT2D eigenvalue weighted by atomic mass is 32.2. The molecular formula is C18H19N3O3S. The Balaban J connectivity index is 1.49. The molecule has 25 heavy (non-hydrogen) atoms. The number of benzene rings is 1. The average molecular weight is 357 g/mol. The van der Waals surface area contributed by atoms with Crippen LogP contribution in [0.25, 0.3) is 11.3 Å². The first-order chi connectivity index (χ1) is 12.0. The van der Waals surface area contributed by atoms with E-state index < -0.39 is 9.84 Å². The third kappa shape index (κ3) is 3.16. The number of amides is 1. The van der Waals surface area contributed by atoms with Crippen molar-refractivity contribution < 1.29 is 13.2 Å². The molecule has 0 bridgehead atoms. The van der Waals surface area contributed by atoms with E-state index in [4.69, 9.17) is 0 Å². The molecule has 2 aromatic rings. The fourth-order valence-electron chi connectivity index (χ4n) is 3.77. The normalized spacial score (nSPS) is 24.7. The lowest BCUT2D eigenvalue weighted by molar-refractivity contribution is 0.0770. The van der Waals surface area contributed by atoms with E-state index >= 15 is 0 Å². The van der Waals surface area contributed by atoms with Crippen molar-refractivity contribution in [2.45, 2.75) is 12.8 Å². The van der Waals surface area contributed by atoms with Crippen LogP contribution in [0.15, 0.2) is 42.7 Å². The van der Waals surface area contributed by atoms with Gasteiger partial charge < -0.3 is 4.90 Å². The molecule has 2 aliphatic rings. The van der Waals surface area contributed by atoms with Crippen LogP contribution >= 0.6 is 0 Å². The monoisotopic (exact) mass is 357 g/mol. The van der Waals surface area contributed by atoms with Gasteiger partial charge in [-0.15, -0.1) is 0 Å². The van der Waals surface area contributed by atoms with Crippen molar-refractivity contribution >= 4 is 15.7 Å². The Kier molecular flexibility index (Phi) is 3.83. The Morgan fingerprint density at radius 1 is 1.08 bits per heavy atom. The molecule has 0 saturated carbocycles. The van der Waals surface area contributed by atoms with Crippen LogP contribution < -0.4 is 0 Å². The lowest BCUT2D eigenvalue weighted by Crippen LogP contribution is -2.33. The van der Waals surface area contributed by atoms with E-state index in [-0.39, 0.29) is 22.8 Å². The highest BCUT2D eigenvalue weighted by molar-refractivity contribution is 7.91. The maximum absolute atomic E-state index is 12.7. The molecule has 1 atom stereocenters. The molecule has 2 fully saturated rings. The Labute approximate surface area is 146 Å². The molecule has 1 unspecified atom stereocenters. The molecule has 1 aromatic carbocycles. The van der Waals surface area contributed by atoms with Crippen molar-refractivity contribution in [1.82, 2.24) is 14.9 Å². The highest BCUT2D eigenvalue weighted by Gasteiger charge is 2.47. The second-order valence-electron chi connectivity index (χ2n) is 6.97. The third-order valence-corrected chi connectivity index (χ3v) is 7.01. The summed E-state index contributed by atoms with van der Waals surface area (Å²) in [6.07, 6.45) is 4.50. The third-order valence-electron chi connectivity index (χ3n) is 5.14. The minimum absolute atomic E-state index is 0.173. The zero-order valence-electron chi connectivity index (χ0n) is 13.8. The van der Waals surface area contributed by atoms with E-state index in [1.807, 2.05) is 30.3 Å². The minimum atomic E-state index is -2.95. The molecule has 3 heterocycles. The SMILES string of the molecule is O=C(c1cnc(-c2ccccc2)cn1)N1CCC2(CCS(=O)(=O)C2)C1. The first-order valence-corrected chi connectivity index (χ1v) is 10.2. The zero-order valence-corrected chi connectivity index (χ0v) is 14.6. The molecular weight excluding hydrogens is 338 g/mol. The number of carbonyl (C=O) groups excluding carboxylic acids is 1. The van der Waals surface area contributed by atoms with Crippen LogP contribution in [0.4, 0.5) is 0 Å². The van der Waals surface area contributed by atoms with E-state index in [0.717, 1.165) is 17.7 Å². The van der Waals surface area contributed by atoms with Gasteiger partial charge in [0.05, 0.1) is 29.6 Å². The van der Waals surface area contributed by atoms with Gasteiger partial charge in [-0.05, 0) is 12.8 Å². The molecule has 130 valence electrons. The maximum atomic E-state index is 12.7. The second-order valence-corrected chi connectivity index (χ2v) is 9.16. The Bertz CT molecular complexity index is 897. The lowest BCUT2D eigenvalue weighted by atomic mass is 9.87. The molecule has 4 rings (SSSR count). The topological polar surface area (TPSA) is 80.2 Å². The highest BCUT2D eigenvalue weighted by Crippen LogP contribution is 2.41. The Hall–Kier alpha value is -2.28. The number of nitrogens with zero attached hydrogens (tertiary/aromatic N) is 3. The van der Waals surface area contributed by atoms with E-state index in [1.165, 1.54) is 6.20 Å². The van der Waals surface area contributed by atoms with Crippen LogP contribution in [-0.4, -0.2) is 53.8 Å². The summed E-state index contributed by atoms with van der Waals surface area (Å²) in [7, 11) is -2.95. The van der Waals surface area contributed by atoms with Gasteiger partial charge in [0.15, 0.2) is 9.84 Å². The number of likely N-dealkylation sites (tertiary alicyclic amines) is 1. The molecule has 2 saturated heterocycles. The largest absolute Gasteiger partial charge is 0.337 e. The molecule has 2 aliphatic heterocycles. The van der Waals surface area contributed by atoms with Crippen molar-refractivity contribution in [1.29, 1.82) is 0 Å². The standard InChI is InChI=1S/C18H19N3O3S/c22-17(21-8-6-18(12-21)7-9-25(23,24)13-18)16-11-19-15(10-20-16)14-4-2-1-3-5-14/h1-5,10-11H,6-9,12-13H2. The van der Waals surface area contributed by atoms with E-state index in [9.17, 15) is 13.2 Å². The van der Waals surface area contributed by atoms with Crippen LogP contribution in [-0.2, 0) is 9.84 Å². The summed E-state index contributed by atoms with van der Waals surface area (Å²) in [5.74, 6) is 0.261. The number of carbonyl (C=O) groups is 1. The quantitative estimate of drug-likeness (QED) is 0.819. The minimum Gasteiger partial charge on any atom is -0.337 e. The molecule has 0 N–H and O–H groups in total. The van der Waals surface area contributed by atoms with Crippen LogP contribution in [0.1, 0.15) is 23.3 Å². The maximum Gasteiger partial charge on any atom is 0.274 e. The van der Waals surface area contributed by atoms with Crippen molar-refractivity contribution in [3.8, 4) is 11.3 Å². The summed E-state index contributed by atoms with van der Waals surface area (Å²) >= 11 is 0. The second kappa shape index (κ2) is 5.91. The van der Waals surface area contributed by atoms with Gasteiger partial charge >= 0.3 is 0 Å². The first-order valence-electron chi connectivity index (χ1n) is 8.34. The molecule has 1 amide bonds. The van der Waals surface area contributed by atoms with E-state index in [1.54, 1.807) is 11.1 Å². The number of hydrogen-bond acceptors (Lipinski definition) is 5. The molecule has 1 spiro atoms. The van der Waals surface area contributed by atoms with Crippen LogP contribution in [0.5, 0.6) is 0 Å². The number of rotatable bonds is 2. The van der Waals surface area contributed by atoms with Crippen LogP contribution in [0.3, 0.4) is 0 Å². The number of sulfone groups is 1. The summed E-state index contributed by atoms with van der Waals surface area (Å²) in [5, 5.41) is 0. The van der Waals surface area contributed by atoms with Gasteiger partial charge in [-0.2, -0.15) is 0 Å². The molecule has 1 aromatic heterocycles. The smallest absolute Gasteiger partial charge is 0.274 e. The molecule has 6 nitrogen and oxygen atoms in total. The first kappa shape index (κ1) is 16.2. The van der Waals surface area contributed by atoms with Gasteiger partial charge in [-0.25, -0.2) is 13.4 Å². The zero-order chi connectivity index (χ0) is 17.5. The summed E-state index contributed by atoms with van der Waals surface area (Å²) in [5.41, 5.74) is 1.71. The van der Waals surface area contributed by atoms with Crippen molar-refractivity contribution in [2.24, 2.45) is 5.41 Å². The van der Waals surface area contributed by atoms with Crippen molar-refractivity contribution in [2.75, 3.05) is 24.6 Å². The number of aromatic nitrogens is 2. The van der Waals surface area contributed by atoms with Crippen molar-refractivity contribution in [3.05, 3.63) is 48.4 Å². The van der Waals surface area contributed by atoms with Crippen molar-refractivity contribution in [3.63, 3.8) is 0 Å². The summed E-state index contributed by atoms with van der Waals surface area (Å²) in [6.45, 7) is 1.07. The average Bonchev–Trinajstić information content (AvgIpc) is 3.18. The van der Waals surface area contributed by atoms with Gasteiger partial charge in [0.2, 0.25) is 0 Å². The van der Waals surface area contributed by atoms with E-state index in [2.05, 4.69) is 9.97 Å².